The van der Waals surface area contributed by atoms with Gasteiger partial charge in [-0.15, -0.1) is 0 Å². The van der Waals surface area contributed by atoms with Crippen LogP contribution in [-0.2, 0) is 9.59 Å². The normalized spacial score (nSPS) is 10.3. The third-order valence-corrected chi connectivity index (χ3v) is 4.55. The first kappa shape index (κ1) is 22.3. The lowest BCUT2D eigenvalue weighted by molar-refractivity contribution is -0.133. The number of hydrogen-bond donors (Lipinski definition) is 1. The number of likely N-dealkylation sites (N-methyl/N-ethyl adjacent to an activating group) is 1. The first-order valence-electron chi connectivity index (χ1n) is 9.77. The van der Waals surface area contributed by atoms with Crippen molar-refractivity contribution in [1.82, 2.24) is 4.90 Å². The SMILES string of the molecule is COc1cccc(NC(=O)CN(C)C(=O)CCCCOc2cc(C)ccc2C)c1. The van der Waals surface area contributed by atoms with Gasteiger partial charge in [-0.2, -0.15) is 0 Å². The summed E-state index contributed by atoms with van der Waals surface area (Å²) in [5.41, 5.74) is 2.90. The van der Waals surface area contributed by atoms with Gasteiger partial charge in [0, 0.05) is 25.2 Å². The van der Waals surface area contributed by atoms with Gasteiger partial charge in [0.15, 0.2) is 0 Å². The second-order valence-electron chi connectivity index (χ2n) is 7.10. The maximum absolute atomic E-state index is 12.2. The van der Waals surface area contributed by atoms with E-state index in [9.17, 15) is 9.59 Å². The number of nitrogens with zero attached hydrogens (tertiary/aromatic N) is 1. The molecule has 0 radical (unpaired) electrons. The molecule has 0 saturated carbocycles. The number of anilines is 1. The molecule has 6 heteroatoms. The fourth-order valence-corrected chi connectivity index (χ4v) is 2.82. The standard InChI is InChI=1S/C23H30N2O4/c1-17-11-12-18(2)21(14-17)29-13-6-5-10-23(27)25(3)16-22(26)24-19-8-7-9-20(15-19)28-4/h7-9,11-12,14-15H,5-6,10,13,16H2,1-4H3,(H,24,26). The van der Waals surface area contributed by atoms with Crippen LogP contribution in [0.25, 0.3) is 0 Å². The maximum Gasteiger partial charge on any atom is 0.243 e. The molecule has 2 rings (SSSR count). The van der Waals surface area contributed by atoms with Gasteiger partial charge in [0.05, 0.1) is 20.3 Å². The Bertz CT molecular complexity index is 835. The van der Waals surface area contributed by atoms with E-state index in [1.807, 2.05) is 26.0 Å². The molecule has 0 spiro atoms. The van der Waals surface area contributed by atoms with Crippen molar-refractivity contribution in [1.29, 1.82) is 0 Å². The van der Waals surface area contributed by atoms with Crippen LogP contribution < -0.4 is 14.8 Å². The van der Waals surface area contributed by atoms with Crippen LogP contribution in [0.2, 0.25) is 0 Å². The molecule has 6 nitrogen and oxygen atoms in total. The Morgan fingerprint density at radius 1 is 1.07 bits per heavy atom. The Morgan fingerprint density at radius 3 is 2.62 bits per heavy atom. The topological polar surface area (TPSA) is 67.9 Å². The van der Waals surface area contributed by atoms with Gasteiger partial charge in [-0.1, -0.05) is 18.2 Å². The molecule has 1 N–H and O–H groups in total. The zero-order valence-electron chi connectivity index (χ0n) is 17.7. The number of nitrogens with one attached hydrogen (secondary N) is 1. The number of unbranched alkanes of at least 4 members (excludes halogenated alkanes) is 1. The molecule has 0 aliphatic heterocycles. The minimum Gasteiger partial charge on any atom is -0.497 e. The number of benzene rings is 2. The molecule has 0 saturated heterocycles. The third-order valence-electron chi connectivity index (χ3n) is 4.55. The summed E-state index contributed by atoms with van der Waals surface area (Å²) in [5.74, 6) is 1.25. The predicted octanol–water partition coefficient (Wildman–Crippen LogP) is 3.96. The third kappa shape index (κ3) is 7.49. The Balaban J connectivity index is 1.67. The van der Waals surface area contributed by atoms with E-state index in [1.54, 1.807) is 38.4 Å². The molecule has 156 valence electrons. The highest BCUT2D eigenvalue weighted by atomic mass is 16.5. The van der Waals surface area contributed by atoms with Gasteiger partial charge in [0.25, 0.3) is 0 Å². The molecular weight excluding hydrogens is 368 g/mol. The lowest BCUT2D eigenvalue weighted by Gasteiger charge is -2.17. The van der Waals surface area contributed by atoms with Gasteiger partial charge in [-0.05, 0) is 56.0 Å². The van der Waals surface area contributed by atoms with E-state index in [0.717, 1.165) is 23.3 Å². The predicted molar refractivity (Wildman–Crippen MR) is 115 cm³/mol. The summed E-state index contributed by atoms with van der Waals surface area (Å²) in [6.45, 7) is 4.63. The number of rotatable bonds is 10. The summed E-state index contributed by atoms with van der Waals surface area (Å²) in [7, 11) is 3.21. The molecule has 0 heterocycles. The summed E-state index contributed by atoms with van der Waals surface area (Å²) in [6, 6.07) is 13.2. The number of amides is 2. The minimum atomic E-state index is -0.243. The van der Waals surface area contributed by atoms with Crippen LogP contribution in [0.1, 0.15) is 30.4 Å². The summed E-state index contributed by atoms with van der Waals surface area (Å²) >= 11 is 0. The Morgan fingerprint density at radius 2 is 1.86 bits per heavy atom. The smallest absolute Gasteiger partial charge is 0.243 e. The quantitative estimate of drug-likeness (QED) is 0.615. The number of aryl methyl sites for hydroxylation is 2. The van der Waals surface area contributed by atoms with Gasteiger partial charge < -0.3 is 19.7 Å². The van der Waals surface area contributed by atoms with Gasteiger partial charge in [0.1, 0.15) is 11.5 Å². The van der Waals surface area contributed by atoms with Crippen molar-refractivity contribution >= 4 is 17.5 Å². The van der Waals surface area contributed by atoms with Crippen LogP contribution in [0, 0.1) is 13.8 Å². The van der Waals surface area contributed by atoms with Crippen molar-refractivity contribution in [3.8, 4) is 11.5 Å². The number of carbonyl (C=O) groups is 2. The van der Waals surface area contributed by atoms with E-state index in [1.165, 1.54) is 4.90 Å². The molecule has 2 aromatic carbocycles. The van der Waals surface area contributed by atoms with Gasteiger partial charge >= 0.3 is 0 Å². The highest BCUT2D eigenvalue weighted by Gasteiger charge is 2.13. The molecule has 0 aliphatic rings. The summed E-state index contributed by atoms with van der Waals surface area (Å²) in [5, 5.41) is 2.77. The Labute approximate surface area is 172 Å². The number of carbonyl (C=O) groups excluding carboxylic acids is 2. The monoisotopic (exact) mass is 398 g/mol. The van der Waals surface area contributed by atoms with Crippen LogP contribution in [0.4, 0.5) is 5.69 Å². The molecule has 0 aliphatic carbocycles. The largest absolute Gasteiger partial charge is 0.497 e. The van der Waals surface area contributed by atoms with E-state index < -0.39 is 0 Å². The number of hydrogen-bond acceptors (Lipinski definition) is 4. The molecule has 2 amide bonds. The van der Waals surface area contributed by atoms with Crippen LogP contribution in [0.3, 0.4) is 0 Å². The number of ether oxygens (including phenoxy) is 2. The van der Waals surface area contributed by atoms with E-state index in [2.05, 4.69) is 11.4 Å². The average Bonchev–Trinajstić information content (AvgIpc) is 2.70. The van der Waals surface area contributed by atoms with Gasteiger partial charge in [-0.25, -0.2) is 0 Å². The zero-order chi connectivity index (χ0) is 21.2. The summed E-state index contributed by atoms with van der Waals surface area (Å²) in [6.07, 6.45) is 1.88. The highest BCUT2D eigenvalue weighted by molar-refractivity contribution is 5.94. The molecule has 0 bridgehead atoms. The van der Waals surface area contributed by atoms with E-state index in [4.69, 9.17) is 9.47 Å². The van der Waals surface area contributed by atoms with Gasteiger partial charge in [0.2, 0.25) is 11.8 Å². The molecule has 0 unspecified atom stereocenters. The lowest BCUT2D eigenvalue weighted by atomic mass is 10.1. The van der Waals surface area contributed by atoms with Crippen molar-refractivity contribution < 1.29 is 19.1 Å². The van der Waals surface area contributed by atoms with Crippen LogP contribution in [-0.4, -0.2) is 44.0 Å². The molecule has 29 heavy (non-hydrogen) atoms. The zero-order valence-corrected chi connectivity index (χ0v) is 17.7. The maximum atomic E-state index is 12.2. The highest BCUT2D eigenvalue weighted by Crippen LogP contribution is 2.19. The number of methoxy groups -OCH3 is 1. The van der Waals surface area contributed by atoms with Crippen molar-refractivity contribution in [3.05, 3.63) is 53.6 Å². The van der Waals surface area contributed by atoms with Crippen molar-refractivity contribution in [3.63, 3.8) is 0 Å². The van der Waals surface area contributed by atoms with E-state index in [0.29, 0.717) is 30.9 Å². The Hall–Kier alpha value is -3.02. The fourth-order valence-electron chi connectivity index (χ4n) is 2.82. The minimum absolute atomic E-state index is 0.00896. The molecular formula is C23H30N2O4. The van der Waals surface area contributed by atoms with Crippen molar-refractivity contribution in [2.75, 3.05) is 32.6 Å². The average molecular weight is 399 g/mol. The van der Waals surface area contributed by atoms with Crippen LogP contribution >= 0.6 is 0 Å². The van der Waals surface area contributed by atoms with Gasteiger partial charge in [-0.3, -0.25) is 9.59 Å². The first-order chi connectivity index (χ1) is 13.9. The fraction of sp³-hybridized carbons (Fsp3) is 0.391. The lowest BCUT2D eigenvalue weighted by Crippen LogP contribution is -2.34. The second-order valence-corrected chi connectivity index (χ2v) is 7.10. The summed E-state index contributed by atoms with van der Waals surface area (Å²) in [4.78, 5) is 25.8. The van der Waals surface area contributed by atoms with Crippen LogP contribution in [0.5, 0.6) is 11.5 Å². The molecule has 0 atom stereocenters. The second kappa shape index (κ2) is 11.1. The van der Waals surface area contributed by atoms with Crippen molar-refractivity contribution in [2.24, 2.45) is 0 Å². The molecule has 2 aromatic rings. The van der Waals surface area contributed by atoms with E-state index >= 15 is 0 Å². The van der Waals surface area contributed by atoms with Crippen molar-refractivity contribution in [2.45, 2.75) is 33.1 Å². The molecule has 0 fully saturated rings. The summed E-state index contributed by atoms with van der Waals surface area (Å²) < 4.78 is 10.9. The van der Waals surface area contributed by atoms with Crippen LogP contribution in [0.15, 0.2) is 42.5 Å². The first-order valence-corrected chi connectivity index (χ1v) is 9.77. The molecule has 0 aromatic heterocycles. The Kier molecular flexibility index (Phi) is 8.52. The van der Waals surface area contributed by atoms with E-state index in [-0.39, 0.29) is 18.4 Å².